The van der Waals surface area contributed by atoms with Crippen LogP contribution in [0.15, 0.2) is 36.7 Å². The van der Waals surface area contributed by atoms with E-state index in [1.165, 1.54) is 6.20 Å². The number of aliphatic hydroxyl groups is 1. The third kappa shape index (κ3) is 2.57. The Bertz CT molecular complexity index is 531. The molecule has 0 saturated carbocycles. The first-order valence-electron chi connectivity index (χ1n) is 5.66. The number of aliphatic hydroxyl groups excluding tert-OH is 1. The Morgan fingerprint density at radius 3 is 2.72 bits per heavy atom. The van der Waals surface area contributed by atoms with E-state index in [2.05, 4.69) is 5.10 Å². The van der Waals surface area contributed by atoms with Gasteiger partial charge in [-0.15, -0.1) is 0 Å². The fourth-order valence-electron chi connectivity index (χ4n) is 1.54. The Morgan fingerprint density at radius 2 is 2.11 bits per heavy atom. The first-order valence-corrected chi connectivity index (χ1v) is 5.66. The van der Waals surface area contributed by atoms with Gasteiger partial charge in [0.1, 0.15) is 0 Å². The van der Waals surface area contributed by atoms with Gasteiger partial charge < -0.3 is 9.84 Å². The molecular formula is C13H14N2O3. The van der Waals surface area contributed by atoms with Crippen LogP contribution in [0.25, 0.3) is 5.69 Å². The van der Waals surface area contributed by atoms with E-state index in [-0.39, 0.29) is 12.6 Å². The third-order valence-electron chi connectivity index (χ3n) is 2.48. The Kier molecular flexibility index (Phi) is 3.74. The standard InChI is InChI=1S/C13H14N2O3/c1-2-18-13(17)11-7-14-15(8-11)12-5-3-10(9-16)4-6-12/h3-8,16H,2,9H2,1H3. The lowest BCUT2D eigenvalue weighted by atomic mass is 10.2. The SMILES string of the molecule is CCOC(=O)c1cnn(-c2ccc(CO)cc2)c1. The molecular weight excluding hydrogens is 232 g/mol. The van der Waals surface area contributed by atoms with Crippen molar-refractivity contribution in [3.8, 4) is 5.69 Å². The van der Waals surface area contributed by atoms with Crippen molar-refractivity contribution in [3.05, 3.63) is 47.8 Å². The molecule has 1 heterocycles. The van der Waals surface area contributed by atoms with Crippen molar-refractivity contribution >= 4 is 5.97 Å². The minimum Gasteiger partial charge on any atom is -0.462 e. The molecule has 18 heavy (non-hydrogen) atoms. The van der Waals surface area contributed by atoms with Crippen LogP contribution < -0.4 is 0 Å². The molecule has 2 rings (SSSR count). The molecule has 0 spiro atoms. The number of hydrogen-bond acceptors (Lipinski definition) is 4. The van der Waals surface area contributed by atoms with Crippen molar-refractivity contribution < 1.29 is 14.6 Å². The summed E-state index contributed by atoms with van der Waals surface area (Å²) in [5, 5.41) is 13.0. The van der Waals surface area contributed by atoms with E-state index in [1.807, 2.05) is 12.1 Å². The molecule has 0 amide bonds. The van der Waals surface area contributed by atoms with Crippen LogP contribution in [0.5, 0.6) is 0 Å². The largest absolute Gasteiger partial charge is 0.462 e. The highest BCUT2D eigenvalue weighted by Gasteiger charge is 2.09. The van der Waals surface area contributed by atoms with E-state index < -0.39 is 0 Å². The van der Waals surface area contributed by atoms with E-state index in [0.717, 1.165) is 11.3 Å². The van der Waals surface area contributed by atoms with Gasteiger partial charge in [0.25, 0.3) is 0 Å². The zero-order valence-electron chi connectivity index (χ0n) is 10.0. The molecule has 0 aliphatic heterocycles. The van der Waals surface area contributed by atoms with Gasteiger partial charge in [-0.1, -0.05) is 12.1 Å². The second kappa shape index (κ2) is 5.46. The summed E-state index contributed by atoms with van der Waals surface area (Å²) >= 11 is 0. The van der Waals surface area contributed by atoms with Crippen molar-refractivity contribution in [2.24, 2.45) is 0 Å². The van der Waals surface area contributed by atoms with Crippen LogP contribution in [0.1, 0.15) is 22.8 Å². The lowest BCUT2D eigenvalue weighted by Gasteiger charge is -2.02. The van der Waals surface area contributed by atoms with Crippen LogP contribution in [-0.4, -0.2) is 27.5 Å². The fraction of sp³-hybridized carbons (Fsp3) is 0.231. The number of rotatable bonds is 4. The quantitative estimate of drug-likeness (QED) is 0.831. The van der Waals surface area contributed by atoms with Crippen LogP contribution in [0.4, 0.5) is 0 Å². The smallest absolute Gasteiger partial charge is 0.341 e. The second-order valence-electron chi connectivity index (χ2n) is 3.72. The number of benzene rings is 1. The predicted molar refractivity (Wildman–Crippen MR) is 65.4 cm³/mol. The average Bonchev–Trinajstić information content (AvgIpc) is 2.89. The Balaban J connectivity index is 2.20. The molecule has 0 bridgehead atoms. The first kappa shape index (κ1) is 12.3. The van der Waals surface area contributed by atoms with E-state index >= 15 is 0 Å². The van der Waals surface area contributed by atoms with E-state index in [1.54, 1.807) is 29.9 Å². The maximum Gasteiger partial charge on any atom is 0.341 e. The number of hydrogen-bond donors (Lipinski definition) is 1. The number of carbonyl (C=O) groups excluding carboxylic acids is 1. The minimum atomic E-state index is -0.379. The first-order chi connectivity index (χ1) is 8.74. The van der Waals surface area contributed by atoms with Crippen molar-refractivity contribution in [2.45, 2.75) is 13.5 Å². The van der Waals surface area contributed by atoms with Gasteiger partial charge in [-0.05, 0) is 24.6 Å². The summed E-state index contributed by atoms with van der Waals surface area (Å²) in [6.45, 7) is 2.11. The molecule has 0 unspecified atom stereocenters. The summed E-state index contributed by atoms with van der Waals surface area (Å²) in [5.41, 5.74) is 2.07. The van der Waals surface area contributed by atoms with Crippen LogP contribution in [0.3, 0.4) is 0 Å². The molecule has 0 aliphatic carbocycles. The van der Waals surface area contributed by atoms with E-state index in [9.17, 15) is 4.79 Å². The maximum absolute atomic E-state index is 11.5. The van der Waals surface area contributed by atoms with Gasteiger partial charge in [0, 0.05) is 6.20 Å². The molecule has 0 radical (unpaired) electrons. The molecule has 1 aromatic heterocycles. The third-order valence-corrected chi connectivity index (χ3v) is 2.48. The molecule has 94 valence electrons. The van der Waals surface area contributed by atoms with Crippen LogP contribution in [0, 0.1) is 0 Å². The molecule has 0 fully saturated rings. The number of carbonyl (C=O) groups is 1. The Morgan fingerprint density at radius 1 is 1.39 bits per heavy atom. The van der Waals surface area contributed by atoms with Crippen LogP contribution in [-0.2, 0) is 11.3 Å². The maximum atomic E-state index is 11.5. The van der Waals surface area contributed by atoms with Gasteiger partial charge >= 0.3 is 5.97 Å². The monoisotopic (exact) mass is 246 g/mol. The number of aromatic nitrogens is 2. The van der Waals surface area contributed by atoms with Gasteiger partial charge in [-0.3, -0.25) is 0 Å². The van der Waals surface area contributed by atoms with E-state index in [4.69, 9.17) is 9.84 Å². The highest BCUT2D eigenvalue weighted by atomic mass is 16.5. The van der Waals surface area contributed by atoms with Gasteiger partial charge in [0.15, 0.2) is 0 Å². The number of ether oxygens (including phenoxy) is 1. The molecule has 1 aromatic carbocycles. The summed E-state index contributed by atoms with van der Waals surface area (Å²) in [6, 6.07) is 7.27. The topological polar surface area (TPSA) is 64.3 Å². The average molecular weight is 246 g/mol. The zero-order valence-corrected chi connectivity index (χ0v) is 10.0. The highest BCUT2D eigenvalue weighted by molar-refractivity contribution is 5.88. The molecule has 5 heteroatoms. The van der Waals surface area contributed by atoms with Crippen LogP contribution >= 0.6 is 0 Å². The Hall–Kier alpha value is -2.14. The molecule has 0 saturated heterocycles. The normalized spacial score (nSPS) is 10.3. The predicted octanol–water partition coefficient (Wildman–Crippen LogP) is 1.54. The summed E-state index contributed by atoms with van der Waals surface area (Å²) in [6.07, 6.45) is 3.09. The lowest BCUT2D eigenvalue weighted by molar-refractivity contribution is 0.0526. The lowest BCUT2D eigenvalue weighted by Crippen LogP contribution is -2.03. The van der Waals surface area contributed by atoms with Gasteiger partial charge in [-0.2, -0.15) is 5.10 Å². The summed E-state index contributed by atoms with van der Waals surface area (Å²) < 4.78 is 6.48. The zero-order chi connectivity index (χ0) is 13.0. The summed E-state index contributed by atoms with van der Waals surface area (Å²) in [7, 11) is 0. The van der Waals surface area contributed by atoms with Gasteiger partial charge in [0.2, 0.25) is 0 Å². The molecule has 0 atom stereocenters. The molecule has 0 aliphatic rings. The van der Waals surface area contributed by atoms with Crippen molar-refractivity contribution in [2.75, 3.05) is 6.61 Å². The second-order valence-corrected chi connectivity index (χ2v) is 3.72. The van der Waals surface area contributed by atoms with Crippen LogP contribution in [0.2, 0.25) is 0 Å². The summed E-state index contributed by atoms with van der Waals surface area (Å²) in [4.78, 5) is 11.5. The minimum absolute atomic E-state index is 0.00740. The van der Waals surface area contributed by atoms with E-state index in [0.29, 0.717) is 12.2 Å². The number of esters is 1. The number of nitrogens with zero attached hydrogens (tertiary/aromatic N) is 2. The Labute approximate surface area is 105 Å². The molecule has 5 nitrogen and oxygen atoms in total. The van der Waals surface area contributed by atoms with Crippen molar-refractivity contribution in [3.63, 3.8) is 0 Å². The molecule has 2 aromatic rings. The highest BCUT2D eigenvalue weighted by Crippen LogP contribution is 2.10. The van der Waals surface area contributed by atoms with Gasteiger partial charge in [0.05, 0.1) is 30.7 Å². The van der Waals surface area contributed by atoms with Gasteiger partial charge in [-0.25, -0.2) is 9.48 Å². The van der Waals surface area contributed by atoms with Crippen molar-refractivity contribution in [1.29, 1.82) is 0 Å². The molecule has 1 N–H and O–H groups in total. The van der Waals surface area contributed by atoms with Crippen molar-refractivity contribution in [1.82, 2.24) is 9.78 Å². The summed E-state index contributed by atoms with van der Waals surface area (Å²) in [5.74, 6) is -0.379. The fourth-order valence-corrected chi connectivity index (χ4v) is 1.54.